The first-order chi connectivity index (χ1) is 14.0. The minimum Gasteiger partial charge on any atom is -0.379 e. The van der Waals surface area contributed by atoms with Crippen LogP contribution in [-0.2, 0) is 14.3 Å². The maximum atomic E-state index is 13.1. The second kappa shape index (κ2) is 10.3. The summed E-state index contributed by atoms with van der Waals surface area (Å²) in [5, 5.41) is 2.88. The maximum Gasteiger partial charge on any atom is 0.265 e. The second-order valence-electron chi connectivity index (χ2n) is 7.00. The van der Waals surface area contributed by atoms with E-state index >= 15 is 0 Å². The van der Waals surface area contributed by atoms with Crippen molar-refractivity contribution in [3.05, 3.63) is 65.1 Å². The van der Waals surface area contributed by atoms with Crippen molar-refractivity contribution in [3.8, 4) is 0 Å². The molecule has 0 spiro atoms. The first-order valence-electron chi connectivity index (χ1n) is 9.78. The smallest absolute Gasteiger partial charge is 0.265 e. The second-order valence-corrected chi connectivity index (χ2v) is 8.09. The highest BCUT2D eigenvalue weighted by atomic mass is 32.2. The van der Waals surface area contributed by atoms with Gasteiger partial charge in [-0.25, -0.2) is 0 Å². The molecule has 0 bridgehead atoms. The molecule has 6 heteroatoms. The van der Waals surface area contributed by atoms with Gasteiger partial charge < -0.3 is 10.1 Å². The largest absolute Gasteiger partial charge is 0.379 e. The highest BCUT2D eigenvalue weighted by Crippen LogP contribution is 2.41. The van der Waals surface area contributed by atoms with E-state index in [-0.39, 0.29) is 24.5 Å². The van der Waals surface area contributed by atoms with Gasteiger partial charge in [-0.15, -0.1) is 0 Å². The van der Waals surface area contributed by atoms with Crippen molar-refractivity contribution in [2.75, 3.05) is 24.6 Å². The molecule has 0 fully saturated rings. The third-order valence-corrected chi connectivity index (χ3v) is 5.40. The van der Waals surface area contributed by atoms with Crippen LogP contribution >= 0.6 is 11.8 Å². The molecule has 0 saturated heterocycles. The van der Waals surface area contributed by atoms with E-state index in [0.717, 1.165) is 22.6 Å². The molecule has 5 nitrogen and oxygen atoms in total. The Hall–Kier alpha value is -2.57. The molecule has 1 aliphatic rings. The standard InChI is InChI=1S/C23H26N2O3S/c1-17(2)28-14-8-13-24-22(26)16-25-19-11-6-7-12-20(19)29-21(23(25)27)15-18-9-4-3-5-10-18/h3-7,9-12,15,17H,8,13-14,16H2,1-2H3,(H,24,26). The Bertz CT molecular complexity index is 881. The number of para-hydroxylation sites is 1. The number of thioether (sulfide) groups is 1. The van der Waals surface area contributed by atoms with Gasteiger partial charge in [-0.05, 0) is 44.0 Å². The van der Waals surface area contributed by atoms with Gasteiger partial charge in [0.25, 0.3) is 5.91 Å². The van der Waals surface area contributed by atoms with Crippen LogP contribution < -0.4 is 10.2 Å². The lowest BCUT2D eigenvalue weighted by molar-refractivity contribution is -0.122. The lowest BCUT2D eigenvalue weighted by atomic mass is 10.2. The summed E-state index contributed by atoms with van der Waals surface area (Å²) in [4.78, 5) is 28.7. The zero-order chi connectivity index (χ0) is 20.6. The molecular weight excluding hydrogens is 384 g/mol. The zero-order valence-electron chi connectivity index (χ0n) is 16.8. The molecule has 0 aromatic heterocycles. The number of anilines is 1. The number of amides is 2. The molecule has 0 atom stereocenters. The van der Waals surface area contributed by atoms with Gasteiger partial charge in [0.15, 0.2) is 0 Å². The van der Waals surface area contributed by atoms with Crippen molar-refractivity contribution in [1.82, 2.24) is 5.32 Å². The number of hydrogen-bond acceptors (Lipinski definition) is 4. The van der Waals surface area contributed by atoms with Crippen molar-refractivity contribution in [3.63, 3.8) is 0 Å². The van der Waals surface area contributed by atoms with Crippen LogP contribution in [0.2, 0.25) is 0 Å². The summed E-state index contributed by atoms with van der Waals surface area (Å²) in [5.41, 5.74) is 1.73. The lowest BCUT2D eigenvalue weighted by Gasteiger charge is -2.29. The summed E-state index contributed by atoms with van der Waals surface area (Å²) < 4.78 is 5.48. The average molecular weight is 411 g/mol. The number of carbonyl (C=O) groups excluding carboxylic acids is 2. The van der Waals surface area contributed by atoms with Crippen molar-refractivity contribution in [2.24, 2.45) is 0 Å². The minimum atomic E-state index is -0.177. The van der Waals surface area contributed by atoms with Crippen molar-refractivity contribution >= 4 is 35.3 Å². The molecule has 29 heavy (non-hydrogen) atoms. The van der Waals surface area contributed by atoms with Crippen LogP contribution in [0.3, 0.4) is 0 Å². The summed E-state index contributed by atoms with van der Waals surface area (Å²) in [6.45, 7) is 5.08. The Morgan fingerprint density at radius 3 is 2.62 bits per heavy atom. The maximum absolute atomic E-state index is 13.1. The van der Waals surface area contributed by atoms with Gasteiger partial charge in [-0.1, -0.05) is 54.2 Å². The van der Waals surface area contributed by atoms with Gasteiger partial charge in [0.2, 0.25) is 5.91 Å². The van der Waals surface area contributed by atoms with Crippen LogP contribution in [0, 0.1) is 0 Å². The van der Waals surface area contributed by atoms with Crippen LogP contribution in [0.1, 0.15) is 25.8 Å². The van der Waals surface area contributed by atoms with Crippen LogP contribution in [-0.4, -0.2) is 37.6 Å². The Labute approximate surface area is 176 Å². The van der Waals surface area contributed by atoms with E-state index in [1.165, 1.54) is 11.8 Å². The molecule has 0 radical (unpaired) electrons. The predicted octanol–water partition coefficient (Wildman–Crippen LogP) is 4.10. The molecule has 152 valence electrons. The monoisotopic (exact) mass is 410 g/mol. The first-order valence-corrected chi connectivity index (χ1v) is 10.6. The number of fused-ring (bicyclic) bond motifs is 1. The number of hydrogen-bond donors (Lipinski definition) is 1. The van der Waals surface area contributed by atoms with E-state index < -0.39 is 0 Å². The van der Waals surface area contributed by atoms with Crippen LogP contribution in [0.25, 0.3) is 6.08 Å². The van der Waals surface area contributed by atoms with Crippen LogP contribution in [0.15, 0.2) is 64.4 Å². The number of nitrogens with zero attached hydrogens (tertiary/aromatic N) is 1. The quantitative estimate of drug-likeness (QED) is 0.526. The van der Waals surface area contributed by atoms with Gasteiger partial charge in [0.1, 0.15) is 6.54 Å². The highest BCUT2D eigenvalue weighted by molar-refractivity contribution is 8.04. The molecular formula is C23H26N2O3S. The van der Waals surface area contributed by atoms with Gasteiger partial charge in [0.05, 0.1) is 16.7 Å². The topological polar surface area (TPSA) is 58.6 Å². The normalized spacial score (nSPS) is 14.9. The third-order valence-electron chi connectivity index (χ3n) is 4.33. The van der Waals surface area contributed by atoms with E-state index in [0.29, 0.717) is 18.1 Å². The summed E-state index contributed by atoms with van der Waals surface area (Å²) >= 11 is 1.44. The molecule has 2 amide bonds. The Kier molecular flexibility index (Phi) is 7.49. The Morgan fingerprint density at radius 2 is 1.86 bits per heavy atom. The van der Waals surface area contributed by atoms with E-state index in [1.807, 2.05) is 74.5 Å². The summed E-state index contributed by atoms with van der Waals surface area (Å²) in [6, 6.07) is 17.4. The molecule has 1 heterocycles. The molecule has 3 rings (SSSR count). The Morgan fingerprint density at radius 1 is 1.14 bits per heavy atom. The SMILES string of the molecule is CC(C)OCCCNC(=O)CN1C(=O)C(=Cc2ccccc2)Sc2ccccc21. The van der Waals surface area contributed by atoms with E-state index in [4.69, 9.17) is 4.74 Å². The van der Waals surface area contributed by atoms with E-state index in [9.17, 15) is 9.59 Å². The van der Waals surface area contributed by atoms with Crippen molar-refractivity contribution in [1.29, 1.82) is 0 Å². The zero-order valence-corrected chi connectivity index (χ0v) is 17.6. The number of benzene rings is 2. The number of carbonyl (C=O) groups is 2. The minimum absolute atomic E-state index is 0.00637. The summed E-state index contributed by atoms with van der Waals surface area (Å²) in [7, 11) is 0. The predicted molar refractivity (Wildman–Crippen MR) is 118 cm³/mol. The van der Waals surface area contributed by atoms with E-state index in [2.05, 4.69) is 5.32 Å². The fraction of sp³-hybridized carbons (Fsp3) is 0.304. The molecule has 2 aromatic rings. The average Bonchev–Trinajstić information content (AvgIpc) is 2.71. The first kappa shape index (κ1) is 21.1. The van der Waals surface area contributed by atoms with Gasteiger partial charge >= 0.3 is 0 Å². The molecule has 2 aromatic carbocycles. The third kappa shape index (κ3) is 5.95. The number of ether oxygens (including phenoxy) is 1. The lowest BCUT2D eigenvalue weighted by Crippen LogP contribution is -2.43. The summed E-state index contributed by atoms with van der Waals surface area (Å²) in [5.74, 6) is -0.334. The van der Waals surface area contributed by atoms with Gasteiger partial charge in [-0.3, -0.25) is 14.5 Å². The molecule has 0 unspecified atom stereocenters. The highest BCUT2D eigenvalue weighted by Gasteiger charge is 2.30. The van der Waals surface area contributed by atoms with Crippen LogP contribution in [0.4, 0.5) is 5.69 Å². The molecule has 1 N–H and O–H groups in total. The fourth-order valence-corrected chi connectivity index (χ4v) is 4.00. The molecule has 0 saturated carbocycles. The van der Waals surface area contributed by atoms with Crippen molar-refractivity contribution in [2.45, 2.75) is 31.3 Å². The van der Waals surface area contributed by atoms with Gasteiger partial charge in [0, 0.05) is 18.0 Å². The van der Waals surface area contributed by atoms with Crippen molar-refractivity contribution < 1.29 is 14.3 Å². The van der Waals surface area contributed by atoms with E-state index in [1.54, 1.807) is 4.90 Å². The fourth-order valence-electron chi connectivity index (χ4n) is 2.94. The number of nitrogens with one attached hydrogen (secondary N) is 1. The number of rotatable bonds is 8. The molecule has 0 aliphatic carbocycles. The van der Waals surface area contributed by atoms with Crippen LogP contribution in [0.5, 0.6) is 0 Å². The summed E-state index contributed by atoms with van der Waals surface area (Å²) in [6.07, 6.45) is 2.79. The van der Waals surface area contributed by atoms with Gasteiger partial charge in [-0.2, -0.15) is 0 Å². The Balaban J connectivity index is 1.70. The molecule has 1 aliphatic heterocycles.